The Morgan fingerprint density at radius 3 is 2.21 bits per heavy atom. The van der Waals surface area contributed by atoms with Crippen molar-refractivity contribution in [1.29, 1.82) is 0 Å². The highest BCUT2D eigenvalue weighted by Gasteiger charge is 2.46. The summed E-state index contributed by atoms with van der Waals surface area (Å²) in [6, 6.07) is 0. The Bertz CT molecular complexity index is 221. The molecule has 0 spiro atoms. The number of aliphatic hydroxyl groups is 1. The van der Waals surface area contributed by atoms with E-state index in [9.17, 15) is 9.90 Å². The fourth-order valence-electron chi connectivity index (χ4n) is 2.06. The van der Waals surface area contributed by atoms with Crippen LogP contribution in [0.5, 0.6) is 0 Å². The topological polar surface area (TPSA) is 57.5 Å². The Morgan fingerprint density at radius 2 is 1.93 bits per heavy atom. The minimum atomic E-state index is -1.55. The van der Waals surface area contributed by atoms with Crippen LogP contribution in [0.4, 0.5) is 0 Å². The maximum Gasteiger partial charge on any atom is 0.336 e. The van der Waals surface area contributed by atoms with Crippen LogP contribution in [0, 0.1) is 17.8 Å². The first-order valence-corrected chi connectivity index (χ1v) is 5.34. The average Bonchev–Trinajstić information content (AvgIpc) is 2.85. The summed E-state index contributed by atoms with van der Waals surface area (Å²) in [5.41, 5.74) is -1.55. The molecule has 0 aromatic heterocycles. The fraction of sp³-hybridized carbons (Fsp3) is 0.909. The van der Waals surface area contributed by atoms with E-state index in [1.807, 2.05) is 6.92 Å². The van der Waals surface area contributed by atoms with Crippen molar-refractivity contribution in [3.05, 3.63) is 0 Å². The maximum atomic E-state index is 11.1. The Labute approximate surface area is 85.1 Å². The highest BCUT2D eigenvalue weighted by Crippen LogP contribution is 2.40. The molecule has 3 heteroatoms. The lowest BCUT2D eigenvalue weighted by Gasteiger charge is -2.33. The number of carbonyl (C=O) groups is 1. The molecular formula is C11H20O3. The first kappa shape index (κ1) is 11.5. The van der Waals surface area contributed by atoms with E-state index in [0.29, 0.717) is 5.92 Å². The first-order chi connectivity index (χ1) is 6.39. The van der Waals surface area contributed by atoms with E-state index in [1.165, 1.54) is 12.8 Å². The minimum Gasteiger partial charge on any atom is -0.479 e. The second kappa shape index (κ2) is 3.89. The fourth-order valence-corrected chi connectivity index (χ4v) is 2.06. The van der Waals surface area contributed by atoms with Crippen LogP contribution in [0.3, 0.4) is 0 Å². The van der Waals surface area contributed by atoms with Crippen molar-refractivity contribution in [3.63, 3.8) is 0 Å². The highest BCUT2D eigenvalue weighted by molar-refractivity contribution is 5.77. The normalized spacial score (nSPS) is 23.2. The van der Waals surface area contributed by atoms with Crippen LogP contribution in [-0.4, -0.2) is 21.8 Å². The van der Waals surface area contributed by atoms with Crippen LogP contribution < -0.4 is 0 Å². The number of hydrogen-bond acceptors (Lipinski definition) is 2. The number of rotatable bonds is 5. The predicted molar refractivity (Wildman–Crippen MR) is 53.9 cm³/mol. The molecule has 0 aromatic rings. The standard InChI is InChI=1S/C11H20O3/c1-7(2)11(14,10(12)13)8(3)6-9-4-5-9/h7-9,14H,4-6H2,1-3H3,(H,12,13). The molecule has 0 bridgehead atoms. The molecule has 3 nitrogen and oxygen atoms in total. The summed E-state index contributed by atoms with van der Waals surface area (Å²) >= 11 is 0. The molecule has 1 rings (SSSR count). The number of carboxylic acids is 1. The molecule has 0 aliphatic heterocycles. The maximum absolute atomic E-state index is 11.1. The first-order valence-electron chi connectivity index (χ1n) is 5.34. The molecule has 0 heterocycles. The summed E-state index contributed by atoms with van der Waals surface area (Å²) in [6.45, 7) is 5.36. The summed E-state index contributed by atoms with van der Waals surface area (Å²) in [5, 5.41) is 19.2. The van der Waals surface area contributed by atoms with Gasteiger partial charge in [-0.05, 0) is 24.2 Å². The lowest BCUT2D eigenvalue weighted by atomic mass is 9.77. The SMILES string of the molecule is CC(C)C(O)(C(=O)O)C(C)CC1CC1. The molecule has 2 N–H and O–H groups in total. The van der Waals surface area contributed by atoms with Gasteiger partial charge in [0, 0.05) is 0 Å². The zero-order valence-corrected chi connectivity index (χ0v) is 9.16. The Kier molecular flexibility index (Phi) is 3.20. The summed E-state index contributed by atoms with van der Waals surface area (Å²) in [7, 11) is 0. The molecule has 1 aliphatic carbocycles. The van der Waals surface area contributed by atoms with E-state index in [-0.39, 0.29) is 11.8 Å². The third kappa shape index (κ3) is 2.08. The van der Waals surface area contributed by atoms with Gasteiger partial charge < -0.3 is 10.2 Å². The van der Waals surface area contributed by atoms with Gasteiger partial charge in [0.15, 0.2) is 5.60 Å². The molecule has 14 heavy (non-hydrogen) atoms. The Balaban J connectivity index is 2.68. The monoisotopic (exact) mass is 200 g/mol. The predicted octanol–water partition coefficient (Wildman–Crippen LogP) is 1.89. The van der Waals surface area contributed by atoms with Crippen molar-refractivity contribution in [2.45, 2.75) is 45.6 Å². The lowest BCUT2D eigenvalue weighted by Crippen LogP contribution is -2.49. The van der Waals surface area contributed by atoms with Gasteiger partial charge in [0.1, 0.15) is 0 Å². The van der Waals surface area contributed by atoms with Gasteiger partial charge >= 0.3 is 5.97 Å². The molecule has 2 unspecified atom stereocenters. The molecule has 0 saturated heterocycles. The van der Waals surface area contributed by atoms with Crippen molar-refractivity contribution >= 4 is 5.97 Å². The van der Waals surface area contributed by atoms with Gasteiger partial charge in [0.2, 0.25) is 0 Å². The minimum absolute atomic E-state index is 0.160. The average molecular weight is 200 g/mol. The van der Waals surface area contributed by atoms with Crippen molar-refractivity contribution < 1.29 is 15.0 Å². The molecule has 2 atom stereocenters. The molecule has 1 aliphatic rings. The lowest BCUT2D eigenvalue weighted by molar-refractivity contribution is -0.171. The zero-order valence-electron chi connectivity index (χ0n) is 9.16. The molecule has 0 radical (unpaired) electrons. The van der Waals surface area contributed by atoms with Gasteiger partial charge in [-0.15, -0.1) is 0 Å². The Hall–Kier alpha value is -0.570. The van der Waals surface area contributed by atoms with Crippen LogP contribution in [0.15, 0.2) is 0 Å². The van der Waals surface area contributed by atoms with E-state index in [0.717, 1.165) is 6.42 Å². The van der Waals surface area contributed by atoms with E-state index in [1.54, 1.807) is 13.8 Å². The molecule has 1 saturated carbocycles. The van der Waals surface area contributed by atoms with Gasteiger partial charge in [-0.25, -0.2) is 4.79 Å². The largest absolute Gasteiger partial charge is 0.479 e. The van der Waals surface area contributed by atoms with Crippen LogP contribution in [-0.2, 0) is 4.79 Å². The highest BCUT2D eigenvalue weighted by atomic mass is 16.4. The van der Waals surface area contributed by atoms with Gasteiger partial charge in [-0.3, -0.25) is 0 Å². The summed E-state index contributed by atoms with van der Waals surface area (Å²) in [6.07, 6.45) is 3.22. The summed E-state index contributed by atoms with van der Waals surface area (Å²) in [4.78, 5) is 11.1. The van der Waals surface area contributed by atoms with Gasteiger partial charge in [-0.1, -0.05) is 33.6 Å². The van der Waals surface area contributed by atoms with Gasteiger partial charge in [-0.2, -0.15) is 0 Å². The van der Waals surface area contributed by atoms with Crippen LogP contribution >= 0.6 is 0 Å². The number of carboxylic acid groups (broad SMARTS) is 1. The van der Waals surface area contributed by atoms with Crippen molar-refractivity contribution in [2.75, 3.05) is 0 Å². The summed E-state index contributed by atoms with van der Waals surface area (Å²) < 4.78 is 0. The van der Waals surface area contributed by atoms with Gasteiger partial charge in [0.25, 0.3) is 0 Å². The molecule has 0 aromatic carbocycles. The van der Waals surface area contributed by atoms with Crippen molar-refractivity contribution in [3.8, 4) is 0 Å². The summed E-state index contributed by atoms with van der Waals surface area (Å²) in [5.74, 6) is -0.837. The van der Waals surface area contributed by atoms with E-state index >= 15 is 0 Å². The smallest absolute Gasteiger partial charge is 0.336 e. The molecule has 82 valence electrons. The number of aliphatic carboxylic acids is 1. The van der Waals surface area contributed by atoms with Crippen molar-refractivity contribution in [2.24, 2.45) is 17.8 Å². The second-order valence-electron chi connectivity index (χ2n) is 4.87. The molecule has 0 amide bonds. The second-order valence-corrected chi connectivity index (χ2v) is 4.87. The third-order valence-corrected chi connectivity index (χ3v) is 3.36. The van der Waals surface area contributed by atoms with Crippen LogP contribution in [0.1, 0.15) is 40.0 Å². The third-order valence-electron chi connectivity index (χ3n) is 3.36. The van der Waals surface area contributed by atoms with E-state index in [2.05, 4.69) is 0 Å². The number of hydrogen-bond donors (Lipinski definition) is 2. The van der Waals surface area contributed by atoms with Gasteiger partial charge in [0.05, 0.1) is 0 Å². The van der Waals surface area contributed by atoms with E-state index in [4.69, 9.17) is 5.11 Å². The van der Waals surface area contributed by atoms with E-state index < -0.39 is 11.6 Å². The van der Waals surface area contributed by atoms with Crippen molar-refractivity contribution in [1.82, 2.24) is 0 Å². The quantitative estimate of drug-likeness (QED) is 0.712. The van der Waals surface area contributed by atoms with Crippen LogP contribution in [0.25, 0.3) is 0 Å². The molecule has 1 fully saturated rings. The Morgan fingerprint density at radius 1 is 1.43 bits per heavy atom. The van der Waals surface area contributed by atoms with Crippen LogP contribution in [0.2, 0.25) is 0 Å². The zero-order chi connectivity index (χ0) is 10.9. The molecular weight excluding hydrogens is 180 g/mol.